The molecule has 0 unspecified atom stereocenters. The molecule has 0 aliphatic carbocycles. The van der Waals surface area contributed by atoms with Crippen LogP contribution in [0.15, 0.2) is 18.3 Å². The number of aromatic carboxylic acids is 1. The third-order valence-corrected chi connectivity index (χ3v) is 2.08. The van der Waals surface area contributed by atoms with Crippen LogP contribution in [0.5, 0.6) is 0 Å². The molecule has 0 aliphatic heterocycles. The molecule has 5 nitrogen and oxygen atoms in total. The highest BCUT2D eigenvalue weighted by molar-refractivity contribution is 14.1. The molecule has 66 valence electrons. The quantitative estimate of drug-likeness (QED) is 0.796. The van der Waals surface area contributed by atoms with Crippen molar-refractivity contribution in [2.45, 2.75) is 0 Å². The second-order valence-corrected chi connectivity index (χ2v) is 3.50. The molecule has 0 fully saturated rings. The number of imidazole rings is 1. The summed E-state index contributed by atoms with van der Waals surface area (Å²) < 4.78 is 2.24. The molecule has 0 radical (unpaired) electrons. The SMILES string of the molecule is O=C(O)c1cn2nc(I)ccc2n1. The van der Waals surface area contributed by atoms with Gasteiger partial charge in [0.1, 0.15) is 3.70 Å². The molecule has 0 bridgehead atoms. The normalized spacial score (nSPS) is 10.5. The molecule has 2 rings (SSSR count). The van der Waals surface area contributed by atoms with Gasteiger partial charge >= 0.3 is 5.97 Å². The Morgan fingerprint density at radius 3 is 3.00 bits per heavy atom. The second kappa shape index (κ2) is 2.95. The van der Waals surface area contributed by atoms with Crippen molar-refractivity contribution in [1.29, 1.82) is 0 Å². The molecule has 0 amide bonds. The first-order chi connectivity index (χ1) is 6.16. The van der Waals surface area contributed by atoms with Gasteiger partial charge in [0.2, 0.25) is 0 Å². The average Bonchev–Trinajstić information content (AvgIpc) is 2.46. The molecular weight excluding hydrogens is 285 g/mol. The van der Waals surface area contributed by atoms with Crippen molar-refractivity contribution >= 4 is 34.2 Å². The number of halogens is 1. The van der Waals surface area contributed by atoms with E-state index in [-0.39, 0.29) is 5.69 Å². The van der Waals surface area contributed by atoms with Crippen LogP contribution >= 0.6 is 22.6 Å². The molecule has 0 saturated heterocycles. The van der Waals surface area contributed by atoms with E-state index in [1.165, 1.54) is 10.7 Å². The summed E-state index contributed by atoms with van der Waals surface area (Å²) in [6, 6.07) is 3.50. The molecule has 2 heterocycles. The van der Waals surface area contributed by atoms with E-state index < -0.39 is 5.97 Å². The minimum absolute atomic E-state index is 0.00880. The van der Waals surface area contributed by atoms with E-state index >= 15 is 0 Å². The average molecular weight is 289 g/mol. The highest BCUT2D eigenvalue weighted by Gasteiger charge is 2.08. The number of hydrogen-bond donors (Lipinski definition) is 1. The van der Waals surface area contributed by atoms with Gasteiger partial charge in [0.05, 0.1) is 6.20 Å². The third kappa shape index (κ3) is 1.48. The summed E-state index contributed by atoms with van der Waals surface area (Å²) >= 11 is 2.05. The van der Waals surface area contributed by atoms with Crippen molar-refractivity contribution in [3.05, 3.63) is 27.7 Å². The molecule has 0 aliphatic rings. The number of hydrogen-bond acceptors (Lipinski definition) is 3. The topological polar surface area (TPSA) is 67.5 Å². The van der Waals surface area contributed by atoms with Crippen LogP contribution in [0, 0.1) is 3.70 Å². The lowest BCUT2D eigenvalue weighted by Gasteiger charge is -1.90. The molecule has 0 atom stereocenters. The van der Waals surface area contributed by atoms with Gasteiger partial charge in [-0.25, -0.2) is 14.3 Å². The molecular formula is C7H4IN3O2. The summed E-state index contributed by atoms with van der Waals surface area (Å²) in [5, 5.41) is 12.7. The van der Waals surface area contributed by atoms with E-state index in [2.05, 4.69) is 10.1 Å². The number of nitrogens with zero attached hydrogens (tertiary/aromatic N) is 3. The van der Waals surface area contributed by atoms with E-state index in [1.54, 1.807) is 12.1 Å². The Balaban J connectivity index is 2.68. The van der Waals surface area contributed by atoms with Crippen LogP contribution < -0.4 is 0 Å². The number of fused-ring (bicyclic) bond motifs is 1. The van der Waals surface area contributed by atoms with Gasteiger partial charge in [-0.05, 0) is 34.7 Å². The smallest absolute Gasteiger partial charge is 0.356 e. The van der Waals surface area contributed by atoms with Gasteiger partial charge in [-0.1, -0.05) is 0 Å². The Hall–Kier alpha value is -1.18. The molecule has 0 spiro atoms. The highest BCUT2D eigenvalue weighted by atomic mass is 127. The Labute approximate surface area is 86.5 Å². The van der Waals surface area contributed by atoms with Crippen molar-refractivity contribution in [3.8, 4) is 0 Å². The van der Waals surface area contributed by atoms with Crippen LogP contribution in [-0.4, -0.2) is 25.7 Å². The predicted octanol–water partition coefficient (Wildman–Crippen LogP) is 1.03. The van der Waals surface area contributed by atoms with Gasteiger partial charge in [0, 0.05) is 0 Å². The summed E-state index contributed by atoms with van der Waals surface area (Å²) in [4.78, 5) is 14.4. The minimum atomic E-state index is -1.04. The van der Waals surface area contributed by atoms with Crippen LogP contribution in [0.3, 0.4) is 0 Å². The number of carboxylic acid groups (broad SMARTS) is 1. The zero-order chi connectivity index (χ0) is 9.42. The predicted molar refractivity (Wildman–Crippen MR) is 52.7 cm³/mol. The lowest BCUT2D eigenvalue weighted by Crippen LogP contribution is -1.95. The number of carboxylic acids is 1. The van der Waals surface area contributed by atoms with Gasteiger partial charge in [0.25, 0.3) is 0 Å². The number of aromatic nitrogens is 3. The molecule has 2 aromatic rings. The molecule has 0 aromatic carbocycles. The number of rotatable bonds is 1. The maximum atomic E-state index is 10.6. The van der Waals surface area contributed by atoms with Crippen molar-refractivity contribution in [2.75, 3.05) is 0 Å². The zero-order valence-electron chi connectivity index (χ0n) is 6.31. The summed E-state index contributed by atoms with van der Waals surface area (Å²) in [6.07, 6.45) is 1.39. The molecule has 0 saturated carbocycles. The lowest BCUT2D eigenvalue weighted by molar-refractivity contribution is 0.0691. The summed E-state index contributed by atoms with van der Waals surface area (Å²) in [7, 11) is 0. The lowest BCUT2D eigenvalue weighted by atomic mass is 10.5. The Morgan fingerprint density at radius 2 is 2.31 bits per heavy atom. The molecule has 2 aromatic heterocycles. The second-order valence-electron chi connectivity index (χ2n) is 2.39. The fourth-order valence-electron chi connectivity index (χ4n) is 0.962. The Kier molecular flexibility index (Phi) is 1.91. The van der Waals surface area contributed by atoms with Gasteiger partial charge < -0.3 is 5.11 Å². The first-order valence-corrected chi connectivity index (χ1v) is 4.50. The first-order valence-electron chi connectivity index (χ1n) is 3.42. The summed E-state index contributed by atoms with van der Waals surface area (Å²) in [5.74, 6) is -1.04. The van der Waals surface area contributed by atoms with Crippen LogP contribution in [-0.2, 0) is 0 Å². The standard InChI is InChI=1S/C7H4IN3O2/c8-5-1-2-6-9-4(7(12)13)3-11(6)10-5/h1-3H,(H,12,13). The van der Waals surface area contributed by atoms with E-state index in [9.17, 15) is 4.79 Å². The van der Waals surface area contributed by atoms with Crippen LogP contribution in [0.2, 0.25) is 0 Å². The molecule has 13 heavy (non-hydrogen) atoms. The maximum Gasteiger partial charge on any atom is 0.356 e. The molecule has 1 N–H and O–H groups in total. The van der Waals surface area contributed by atoms with E-state index in [0.29, 0.717) is 5.65 Å². The Morgan fingerprint density at radius 1 is 1.54 bits per heavy atom. The van der Waals surface area contributed by atoms with Crippen molar-refractivity contribution in [2.24, 2.45) is 0 Å². The maximum absolute atomic E-state index is 10.6. The van der Waals surface area contributed by atoms with Crippen molar-refractivity contribution < 1.29 is 9.90 Å². The third-order valence-electron chi connectivity index (χ3n) is 1.51. The largest absolute Gasteiger partial charge is 0.476 e. The van der Waals surface area contributed by atoms with Crippen molar-refractivity contribution in [1.82, 2.24) is 14.6 Å². The molecule has 6 heteroatoms. The summed E-state index contributed by atoms with van der Waals surface area (Å²) in [6.45, 7) is 0. The highest BCUT2D eigenvalue weighted by Crippen LogP contribution is 2.05. The monoisotopic (exact) mass is 289 g/mol. The number of carbonyl (C=O) groups is 1. The van der Waals surface area contributed by atoms with Gasteiger partial charge in [0.15, 0.2) is 11.3 Å². The fourth-order valence-corrected chi connectivity index (χ4v) is 1.37. The van der Waals surface area contributed by atoms with Gasteiger partial charge in [-0.2, -0.15) is 5.10 Å². The van der Waals surface area contributed by atoms with Gasteiger partial charge in [-0.3, -0.25) is 0 Å². The van der Waals surface area contributed by atoms with Gasteiger partial charge in [-0.15, -0.1) is 0 Å². The summed E-state index contributed by atoms with van der Waals surface area (Å²) in [5.41, 5.74) is 0.548. The van der Waals surface area contributed by atoms with Crippen LogP contribution in [0.1, 0.15) is 10.5 Å². The van der Waals surface area contributed by atoms with Crippen molar-refractivity contribution in [3.63, 3.8) is 0 Å². The van der Waals surface area contributed by atoms with Crippen LogP contribution in [0.25, 0.3) is 5.65 Å². The first kappa shape index (κ1) is 8.42. The van der Waals surface area contributed by atoms with E-state index in [1.807, 2.05) is 22.6 Å². The Bertz CT molecular complexity index is 480. The fraction of sp³-hybridized carbons (Fsp3) is 0. The van der Waals surface area contributed by atoms with Crippen LogP contribution in [0.4, 0.5) is 0 Å². The minimum Gasteiger partial charge on any atom is -0.476 e. The van der Waals surface area contributed by atoms with E-state index in [4.69, 9.17) is 5.11 Å². The van der Waals surface area contributed by atoms with E-state index in [0.717, 1.165) is 3.70 Å². The zero-order valence-corrected chi connectivity index (χ0v) is 8.46.